The van der Waals surface area contributed by atoms with Gasteiger partial charge in [0.25, 0.3) is 0 Å². The maximum Gasteiger partial charge on any atom is 0.160 e. The number of pyridine rings is 1. The minimum absolute atomic E-state index is 0.0580. The summed E-state index contributed by atoms with van der Waals surface area (Å²) in [6.07, 6.45) is 2.60. The highest BCUT2D eigenvalue weighted by Gasteiger charge is 2.04. The molecule has 0 aliphatic carbocycles. The quantitative estimate of drug-likeness (QED) is 0.535. The van der Waals surface area contributed by atoms with Gasteiger partial charge in [0.05, 0.1) is 0 Å². The first-order valence-corrected chi connectivity index (χ1v) is 4.40. The standard InChI is InChI=1S/C9H11N5/c1-2-7-12-13-8-4-3-6(9(10)11)5-14(7)8/h3-5H,2H2,1H3,(H3,10,11). The molecule has 72 valence electrons. The molecule has 14 heavy (non-hydrogen) atoms. The van der Waals surface area contributed by atoms with Crippen LogP contribution >= 0.6 is 0 Å². The Morgan fingerprint density at radius 3 is 2.93 bits per heavy atom. The third kappa shape index (κ3) is 1.22. The molecule has 0 aliphatic heterocycles. The lowest BCUT2D eigenvalue weighted by atomic mass is 10.2. The Morgan fingerprint density at radius 2 is 2.29 bits per heavy atom. The molecule has 0 aromatic carbocycles. The molecule has 2 aromatic rings. The summed E-state index contributed by atoms with van der Waals surface area (Å²) in [5, 5.41) is 15.3. The van der Waals surface area contributed by atoms with Crippen LogP contribution in [0.5, 0.6) is 0 Å². The van der Waals surface area contributed by atoms with E-state index in [-0.39, 0.29) is 5.84 Å². The van der Waals surface area contributed by atoms with Crippen molar-refractivity contribution in [1.82, 2.24) is 14.6 Å². The number of hydrogen-bond acceptors (Lipinski definition) is 3. The first-order valence-electron chi connectivity index (χ1n) is 4.40. The topological polar surface area (TPSA) is 80.1 Å². The molecule has 0 bridgehead atoms. The van der Waals surface area contributed by atoms with Gasteiger partial charge in [-0.3, -0.25) is 9.81 Å². The van der Waals surface area contributed by atoms with Gasteiger partial charge in [0.2, 0.25) is 0 Å². The van der Waals surface area contributed by atoms with E-state index in [9.17, 15) is 0 Å². The molecular formula is C9H11N5. The van der Waals surface area contributed by atoms with Gasteiger partial charge in [-0.15, -0.1) is 10.2 Å². The highest BCUT2D eigenvalue weighted by Crippen LogP contribution is 2.06. The van der Waals surface area contributed by atoms with Crippen LogP contribution in [0.25, 0.3) is 5.65 Å². The Balaban J connectivity index is 2.67. The van der Waals surface area contributed by atoms with E-state index in [0.717, 1.165) is 17.9 Å². The van der Waals surface area contributed by atoms with E-state index >= 15 is 0 Å². The van der Waals surface area contributed by atoms with E-state index in [1.807, 2.05) is 17.4 Å². The van der Waals surface area contributed by atoms with Gasteiger partial charge in [-0.2, -0.15) is 0 Å². The first kappa shape index (κ1) is 8.68. The Morgan fingerprint density at radius 1 is 1.50 bits per heavy atom. The number of nitrogens with two attached hydrogens (primary N) is 1. The minimum Gasteiger partial charge on any atom is -0.384 e. The number of nitrogen functional groups attached to an aromatic ring is 1. The average molecular weight is 189 g/mol. The molecule has 3 N–H and O–H groups in total. The number of rotatable bonds is 2. The summed E-state index contributed by atoms with van der Waals surface area (Å²) in [6, 6.07) is 3.58. The molecule has 0 unspecified atom stereocenters. The van der Waals surface area contributed by atoms with Crippen LogP contribution in [0, 0.1) is 5.41 Å². The van der Waals surface area contributed by atoms with Crippen molar-refractivity contribution in [3.05, 3.63) is 29.7 Å². The van der Waals surface area contributed by atoms with E-state index in [4.69, 9.17) is 11.1 Å². The van der Waals surface area contributed by atoms with Crippen molar-refractivity contribution in [2.75, 3.05) is 0 Å². The molecular weight excluding hydrogens is 178 g/mol. The SMILES string of the molecule is CCc1nnc2ccc(C(=N)N)cn12. The van der Waals surface area contributed by atoms with Crippen LogP contribution < -0.4 is 5.73 Å². The van der Waals surface area contributed by atoms with Crippen molar-refractivity contribution in [1.29, 1.82) is 5.41 Å². The number of nitrogens with zero attached hydrogens (tertiary/aromatic N) is 3. The van der Waals surface area contributed by atoms with Crippen molar-refractivity contribution < 1.29 is 0 Å². The van der Waals surface area contributed by atoms with Gasteiger partial charge in [-0.25, -0.2) is 0 Å². The van der Waals surface area contributed by atoms with Crippen molar-refractivity contribution >= 4 is 11.5 Å². The summed E-state index contributed by atoms with van der Waals surface area (Å²) in [5.41, 5.74) is 6.87. The highest BCUT2D eigenvalue weighted by molar-refractivity contribution is 5.94. The molecule has 2 rings (SSSR count). The summed E-state index contributed by atoms with van der Waals surface area (Å²) in [5.74, 6) is 0.936. The molecule has 0 amide bonds. The van der Waals surface area contributed by atoms with E-state index < -0.39 is 0 Å². The molecule has 2 aromatic heterocycles. The predicted octanol–water partition coefficient (Wildman–Crippen LogP) is 0.576. The molecule has 0 fully saturated rings. The van der Waals surface area contributed by atoms with Crippen molar-refractivity contribution in [2.24, 2.45) is 5.73 Å². The van der Waals surface area contributed by atoms with E-state index in [1.54, 1.807) is 12.3 Å². The zero-order valence-electron chi connectivity index (χ0n) is 7.86. The van der Waals surface area contributed by atoms with Gasteiger partial charge in [0, 0.05) is 18.2 Å². The number of aryl methyl sites for hydroxylation is 1. The smallest absolute Gasteiger partial charge is 0.160 e. The molecule has 2 heterocycles. The third-order valence-electron chi connectivity index (χ3n) is 2.10. The maximum atomic E-state index is 7.31. The second kappa shape index (κ2) is 3.10. The average Bonchev–Trinajstić information content (AvgIpc) is 2.59. The molecule has 0 saturated carbocycles. The molecule has 0 aliphatic rings. The molecule has 5 heteroatoms. The molecule has 0 radical (unpaired) electrons. The summed E-state index contributed by atoms with van der Waals surface area (Å²) in [4.78, 5) is 0. The van der Waals surface area contributed by atoms with Gasteiger partial charge in [-0.1, -0.05) is 6.92 Å². The molecule has 0 saturated heterocycles. The number of hydrogen-bond donors (Lipinski definition) is 2. The number of aromatic nitrogens is 3. The van der Waals surface area contributed by atoms with Crippen molar-refractivity contribution in [3.8, 4) is 0 Å². The molecule has 5 nitrogen and oxygen atoms in total. The van der Waals surface area contributed by atoms with E-state index in [0.29, 0.717) is 5.56 Å². The second-order valence-electron chi connectivity index (χ2n) is 3.03. The lowest BCUT2D eigenvalue weighted by Gasteiger charge is -2.00. The highest BCUT2D eigenvalue weighted by atomic mass is 15.2. The van der Waals surface area contributed by atoms with E-state index in [2.05, 4.69) is 10.2 Å². The lowest BCUT2D eigenvalue weighted by molar-refractivity contribution is 0.908. The fourth-order valence-electron chi connectivity index (χ4n) is 1.34. The van der Waals surface area contributed by atoms with E-state index in [1.165, 1.54) is 0 Å². The van der Waals surface area contributed by atoms with Gasteiger partial charge in [-0.05, 0) is 12.1 Å². The number of nitrogens with one attached hydrogen (secondary N) is 1. The zero-order valence-corrected chi connectivity index (χ0v) is 7.86. The zero-order chi connectivity index (χ0) is 10.1. The summed E-state index contributed by atoms with van der Waals surface area (Å²) in [6.45, 7) is 2.01. The van der Waals surface area contributed by atoms with Crippen molar-refractivity contribution in [3.63, 3.8) is 0 Å². The number of amidine groups is 1. The van der Waals surface area contributed by atoms with Gasteiger partial charge >= 0.3 is 0 Å². The van der Waals surface area contributed by atoms with Crippen LogP contribution in [0.2, 0.25) is 0 Å². The molecule has 0 atom stereocenters. The maximum absolute atomic E-state index is 7.31. The Bertz CT molecular complexity index is 485. The normalized spacial score (nSPS) is 10.6. The predicted molar refractivity (Wildman–Crippen MR) is 53.4 cm³/mol. The van der Waals surface area contributed by atoms with Crippen LogP contribution in [-0.4, -0.2) is 20.4 Å². The van der Waals surface area contributed by atoms with Gasteiger partial charge in [0.15, 0.2) is 5.65 Å². The van der Waals surface area contributed by atoms with Crippen LogP contribution in [0.4, 0.5) is 0 Å². The Labute approximate surface area is 81.1 Å². The van der Waals surface area contributed by atoms with Crippen molar-refractivity contribution in [2.45, 2.75) is 13.3 Å². The van der Waals surface area contributed by atoms with Gasteiger partial charge < -0.3 is 5.73 Å². The summed E-state index contributed by atoms with van der Waals surface area (Å²) < 4.78 is 1.86. The van der Waals surface area contributed by atoms with Crippen LogP contribution in [-0.2, 0) is 6.42 Å². The number of fused-ring (bicyclic) bond motifs is 1. The minimum atomic E-state index is 0.0580. The monoisotopic (exact) mass is 189 g/mol. The largest absolute Gasteiger partial charge is 0.384 e. The fourth-order valence-corrected chi connectivity index (χ4v) is 1.34. The third-order valence-corrected chi connectivity index (χ3v) is 2.10. The molecule has 0 spiro atoms. The Kier molecular flexibility index (Phi) is 1.92. The van der Waals surface area contributed by atoms with Gasteiger partial charge in [0.1, 0.15) is 11.7 Å². The van der Waals surface area contributed by atoms with Crippen LogP contribution in [0.3, 0.4) is 0 Å². The first-order chi connectivity index (χ1) is 6.72. The lowest BCUT2D eigenvalue weighted by Crippen LogP contribution is -2.12. The summed E-state index contributed by atoms with van der Waals surface area (Å²) >= 11 is 0. The second-order valence-corrected chi connectivity index (χ2v) is 3.03. The van der Waals surface area contributed by atoms with Crippen LogP contribution in [0.15, 0.2) is 18.3 Å². The van der Waals surface area contributed by atoms with Crippen LogP contribution in [0.1, 0.15) is 18.3 Å². The Hall–Kier alpha value is -1.91. The summed E-state index contributed by atoms with van der Waals surface area (Å²) in [7, 11) is 0. The fraction of sp³-hybridized carbons (Fsp3) is 0.222.